The highest BCUT2D eigenvalue weighted by Gasteiger charge is 2.25. The van der Waals surface area contributed by atoms with Crippen LogP contribution in [0.15, 0.2) is 17.5 Å². The fraction of sp³-hybridized carbons (Fsp3) is 0.688. The second-order valence-corrected chi connectivity index (χ2v) is 7.37. The smallest absolute Gasteiger partial charge is 0.234 e. The van der Waals surface area contributed by atoms with Crippen LogP contribution < -0.4 is 5.32 Å². The summed E-state index contributed by atoms with van der Waals surface area (Å²) in [5.41, 5.74) is 0. The van der Waals surface area contributed by atoms with Crippen molar-refractivity contribution in [3.63, 3.8) is 0 Å². The molecule has 0 bridgehead atoms. The number of rotatable bonds is 5. The van der Waals surface area contributed by atoms with E-state index in [1.54, 1.807) is 11.3 Å². The average molecular weight is 309 g/mol. The highest BCUT2D eigenvalue weighted by atomic mass is 32.1. The zero-order valence-electron chi connectivity index (χ0n) is 13.5. The molecule has 1 aliphatic rings. The minimum atomic E-state index is 0.125. The Labute approximate surface area is 132 Å². The molecule has 0 aromatic carbocycles. The van der Waals surface area contributed by atoms with Gasteiger partial charge in [-0.25, -0.2) is 0 Å². The molecule has 1 N–H and O–H groups in total. The van der Waals surface area contributed by atoms with Gasteiger partial charge >= 0.3 is 0 Å². The van der Waals surface area contributed by atoms with Crippen LogP contribution in [0.25, 0.3) is 0 Å². The number of likely N-dealkylation sites (N-methyl/N-ethyl adjacent to an activating group) is 1. The van der Waals surface area contributed by atoms with Gasteiger partial charge in [-0.1, -0.05) is 19.9 Å². The summed E-state index contributed by atoms with van der Waals surface area (Å²) < 4.78 is 0. The SMILES string of the molecule is CC(C)C(NC(=O)CN1CCN(C)CC1C)c1cccs1. The fourth-order valence-electron chi connectivity index (χ4n) is 2.85. The van der Waals surface area contributed by atoms with Crippen LogP contribution in [0.3, 0.4) is 0 Å². The van der Waals surface area contributed by atoms with Crippen molar-refractivity contribution in [2.45, 2.75) is 32.9 Å². The van der Waals surface area contributed by atoms with Gasteiger partial charge in [0, 0.05) is 30.6 Å². The summed E-state index contributed by atoms with van der Waals surface area (Å²) in [6.45, 7) is 10.1. The van der Waals surface area contributed by atoms with Gasteiger partial charge in [-0.05, 0) is 31.3 Å². The zero-order valence-corrected chi connectivity index (χ0v) is 14.3. The highest BCUT2D eigenvalue weighted by molar-refractivity contribution is 7.10. The molecule has 1 aromatic heterocycles. The Morgan fingerprint density at radius 3 is 2.81 bits per heavy atom. The molecule has 5 heteroatoms. The average Bonchev–Trinajstić information content (AvgIpc) is 2.92. The standard InChI is InChI=1S/C16H27N3OS/c1-12(2)16(14-6-5-9-21-14)17-15(20)11-19-8-7-18(4)10-13(19)3/h5-6,9,12-13,16H,7-8,10-11H2,1-4H3,(H,17,20). The minimum Gasteiger partial charge on any atom is -0.347 e. The molecule has 1 aromatic rings. The molecule has 1 fully saturated rings. The first-order chi connectivity index (χ1) is 9.97. The molecular formula is C16H27N3OS. The summed E-state index contributed by atoms with van der Waals surface area (Å²) in [6.07, 6.45) is 0. The molecule has 0 aliphatic carbocycles. The normalized spacial score (nSPS) is 22.4. The van der Waals surface area contributed by atoms with Gasteiger partial charge in [0.15, 0.2) is 0 Å². The van der Waals surface area contributed by atoms with E-state index in [9.17, 15) is 4.79 Å². The Balaban J connectivity index is 1.91. The van der Waals surface area contributed by atoms with Crippen molar-refractivity contribution >= 4 is 17.2 Å². The molecule has 0 saturated carbocycles. The van der Waals surface area contributed by atoms with E-state index >= 15 is 0 Å². The monoisotopic (exact) mass is 309 g/mol. The Bertz CT molecular complexity index is 446. The first-order valence-corrected chi connectivity index (χ1v) is 8.60. The predicted octanol–water partition coefficient (Wildman–Crippen LogP) is 2.20. The molecule has 2 unspecified atom stereocenters. The van der Waals surface area contributed by atoms with Crippen molar-refractivity contribution in [1.82, 2.24) is 15.1 Å². The van der Waals surface area contributed by atoms with Gasteiger partial charge in [-0.3, -0.25) is 9.69 Å². The summed E-state index contributed by atoms with van der Waals surface area (Å²) in [5.74, 6) is 0.538. The number of nitrogens with one attached hydrogen (secondary N) is 1. The van der Waals surface area contributed by atoms with E-state index in [0.717, 1.165) is 19.6 Å². The van der Waals surface area contributed by atoms with Crippen molar-refractivity contribution in [2.24, 2.45) is 5.92 Å². The zero-order chi connectivity index (χ0) is 15.4. The first-order valence-electron chi connectivity index (χ1n) is 7.72. The third kappa shape index (κ3) is 4.53. The third-order valence-electron chi connectivity index (χ3n) is 4.15. The third-order valence-corrected chi connectivity index (χ3v) is 5.10. The van der Waals surface area contributed by atoms with Crippen LogP contribution in [0.2, 0.25) is 0 Å². The quantitative estimate of drug-likeness (QED) is 0.906. The summed E-state index contributed by atoms with van der Waals surface area (Å²) in [4.78, 5) is 18.2. The molecule has 2 atom stereocenters. The Kier molecular flexibility index (Phi) is 5.79. The maximum absolute atomic E-state index is 12.4. The van der Waals surface area contributed by atoms with Gasteiger partial charge in [0.05, 0.1) is 12.6 Å². The van der Waals surface area contributed by atoms with Crippen LogP contribution >= 0.6 is 11.3 Å². The van der Waals surface area contributed by atoms with Crippen molar-refractivity contribution in [1.29, 1.82) is 0 Å². The van der Waals surface area contributed by atoms with Gasteiger partial charge in [-0.15, -0.1) is 11.3 Å². The van der Waals surface area contributed by atoms with E-state index in [-0.39, 0.29) is 11.9 Å². The van der Waals surface area contributed by atoms with E-state index in [2.05, 4.69) is 54.4 Å². The van der Waals surface area contributed by atoms with Gasteiger partial charge in [0.1, 0.15) is 0 Å². The highest BCUT2D eigenvalue weighted by Crippen LogP contribution is 2.25. The lowest BCUT2D eigenvalue weighted by Gasteiger charge is -2.38. The van der Waals surface area contributed by atoms with Crippen LogP contribution in [-0.2, 0) is 4.79 Å². The van der Waals surface area contributed by atoms with Gasteiger partial charge in [0.25, 0.3) is 0 Å². The maximum Gasteiger partial charge on any atom is 0.234 e. The molecule has 4 nitrogen and oxygen atoms in total. The summed E-state index contributed by atoms with van der Waals surface area (Å²) in [6, 6.07) is 4.71. The van der Waals surface area contributed by atoms with Crippen molar-refractivity contribution in [3.05, 3.63) is 22.4 Å². The molecule has 0 spiro atoms. The Morgan fingerprint density at radius 1 is 1.48 bits per heavy atom. The molecule has 1 saturated heterocycles. The minimum absolute atomic E-state index is 0.125. The number of thiophene rings is 1. The molecule has 1 aliphatic heterocycles. The molecule has 0 radical (unpaired) electrons. The summed E-state index contributed by atoms with van der Waals surface area (Å²) >= 11 is 1.71. The van der Waals surface area contributed by atoms with Crippen molar-refractivity contribution < 1.29 is 4.79 Å². The predicted molar refractivity (Wildman–Crippen MR) is 88.6 cm³/mol. The van der Waals surface area contributed by atoms with Crippen LogP contribution in [-0.4, -0.2) is 55.0 Å². The summed E-state index contributed by atoms with van der Waals surface area (Å²) in [5, 5.41) is 5.28. The lowest BCUT2D eigenvalue weighted by atomic mass is 10.0. The summed E-state index contributed by atoms with van der Waals surface area (Å²) in [7, 11) is 2.14. The molecule has 118 valence electrons. The van der Waals surface area contributed by atoms with Crippen LogP contribution in [0.1, 0.15) is 31.7 Å². The van der Waals surface area contributed by atoms with Crippen LogP contribution in [0.4, 0.5) is 0 Å². The van der Waals surface area contributed by atoms with Crippen molar-refractivity contribution in [2.75, 3.05) is 33.2 Å². The molecular weight excluding hydrogens is 282 g/mol. The number of carbonyl (C=O) groups excluding carboxylic acids is 1. The Morgan fingerprint density at radius 2 is 2.24 bits per heavy atom. The lowest BCUT2D eigenvalue weighted by molar-refractivity contribution is -0.124. The lowest BCUT2D eigenvalue weighted by Crippen LogP contribution is -2.53. The molecule has 2 heterocycles. The largest absolute Gasteiger partial charge is 0.347 e. The van der Waals surface area contributed by atoms with E-state index in [1.165, 1.54) is 4.88 Å². The Hall–Kier alpha value is -0.910. The maximum atomic E-state index is 12.4. The number of carbonyl (C=O) groups is 1. The first kappa shape index (κ1) is 16.5. The molecule has 1 amide bonds. The number of piperazine rings is 1. The van der Waals surface area contributed by atoms with Gasteiger partial charge < -0.3 is 10.2 Å². The number of hydrogen-bond acceptors (Lipinski definition) is 4. The van der Waals surface area contributed by atoms with Gasteiger partial charge in [0.2, 0.25) is 5.91 Å². The van der Waals surface area contributed by atoms with E-state index < -0.39 is 0 Å². The van der Waals surface area contributed by atoms with E-state index in [0.29, 0.717) is 18.5 Å². The second-order valence-electron chi connectivity index (χ2n) is 6.39. The number of amides is 1. The second kappa shape index (κ2) is 7.38. The number of hydrogen-bond donors (Lipinski definition) is 1. The van der Waals surface area contributed by atoms with Crippen LogP contribution in [0, 0.1) is 5.92 Å². The topological polar surface area (TPSA) is 35.6 Å². The van der Waals surface area contributed by atoms with Crippen molar-refractivity contribution in [3.8, 4) is 0 Å². The fourth-order valence-corrected chi connectivity index (χ4v) is 3.80. The number of nitrogens with zero attached hydrogens (tertiary/aromatic N) is 2. The molecule has 21 heavy (non-hydrogen) atoms. The van der Waals surface area contributed by atoms with E-state index in [1.807, 2.05) is 6.07 Å². The van der Waals surface area contributed by atoms with Crippen LogP contribution in [0.5, 0.6) is 0 Å². The van der Waals surface area contributed by atoms with Gasteiger partial charge in [-0.2, -0.15) is 0 Å². The molecule has 2 rings (SSSR count). The van der Waals surface area contributed by atoms with E-state index in [4.69, 9.17) is 0 Å².